The van der Waals surface area contributed by atoms with Crippen molar-refractivity contribution in [1.29, 1.82) is 0 Å². The van der Waals surface area contributed by atoms with Gasteiger partial charge >= 0.3 is 5.97 Å². The molecule has 0 aliphatic heterocycles. The summed E-state index contributed by atoms with van der Waals surface area (Å²) < 4.78 is 0. The molecule has 1 atom stereocenters. The van der Waals surface area contributed by atoms with Gasteiger partial charge in [-0.25, -0.2) is 4.79 Å². The first kappa shape index (κ1) is 15.2. The zero-order valence-corrected chi connectivity index (χ0v) is 11.2. The van der Waals surface area contributed by atoms with Gasteiger partial charge in [-0.15, -0.1) is 0 Å². The second-order valence-electron chi connectivity index (χ2n) is 4.73. The number of hydrogen-bond donors (Lipinski definition) is 3. The molecule has 0 bridgehead atoms. The van der Waals surface area contributed by atoms with E-state index in [-0.39, 0.29) is 11.8 Å². The number of hydrogen-bond acceptors (Lipinski definition) is 3. The second-order valence-corrected chi connectivity index (χ2v) is 4.73. The molecule has 0 saturated carbocycles. The number of carbonyl (C=O) groups is 2. The Kier molecular flexibility index (Phi) is 5.51. The summed E-state index contributed by atoms with van der Waals surface area (Å²) in [7, 11) is 0. The lowest BCUT2D eigenvalue weighted by Crippen LogP contribution is -2.44. The molecule has 1 aromatic rings. The second kappa shape index (κ2) is 6.89. The molecular formula is C14H20N2O3. The molecule has 0 radical (unpaired) electrons. The number of carboxylic acids is 1. The third-order valence-corrected chi connectivity index (χ3v) is 2.89. The van der Waals surface area contributed by atoms with Crippen LogP contribution in [0.2, 0.25) is 0 Å². The monoisotopic (exact) mass is 264 g/mol. The lowest BCUT2D eigenvalue weighted by molar-refractivity contribution is -0.140. The van der Waals surface area contributed by atoms with Crippen molar-refractivity contribution in [2.45, 2.75) is 26.3 Å². The van der Waals surface area contributed by atoms with Crippen molar-refractivity contribution in [3.05, 3.63) is 35.4 Å². The van der Waals surface area contributed by atoms with Gasteiger partial charge < -0.3 is 16.2 Å². The Morgan fingerprint density at radius 3 is 2.47 bits per heavy atom. The summed E-state index contributed by atoms with van der Waals surface area (Å²) in [6.45, 7) is 3.95. The third kappa shape index (κ3) is 4.06. The predicted molar refractivity (Wildman–Crippen MR) is 72.9 cm³/mol. The average Bonchev–Trinajstić information content (AvgIpc) is 2.36. The Bertz CT molecular complexity index is 458. The zero-order chi connectivity index (χ0) is 14.4. The number of amides is 1. The van der Waals surface area contributed by atoms with Crippen molar-refractivity contribution in [2.24, 2.45) is 11.7 Å². The highest BCUT2D eigenvalue weighted by atomic mass is 16.4. The number of rotatable bonds is 6. The predicted octanol–water partition coefficient (Wildman–Crippen LogP) is 1.03. The minimum atomic E-state index is -1.03. The van der Waals surface area contributed by atoms with Crippen molar-refractivity contribution in [1.82, 2.24) is 5.32 Å². The van der Waals surface area contributed by atoms with Crippen LogP contribution in [0.4, 0.5) is 0 Å². The SMILES string of the molecule is CC(C)C(NC(=O)c1ccccc1CCN)C(=O)O. The molecule has 1 rings (SSSR count). The highest BCUT2D eigenvalue weighted by Crippen LogP contribution is 2.11. The first-order chi connectivity index (χ1) is 8.97. The van der Waals surface area contributed by atoms with Crippen LogP contribution in [-0.4, -0.2) is 29.6 Å². The van der Waals surface area contributed by atoms with Crippen LogP contribution >= 0.6 is 0 Å². The Balaban J connectivity index is 2.91. The summed E-state index contributed by atoms with van der Waals surface area (Å²) >= 11 is 0. The molecule has 1 amide bonds. The number of carbonyl (C=O) groups excluding carboxylic acids is 1. The number of nitrogens with two attached hydrogens (primary N) is 1. The summed E-state index contributed by atoms with van der Waals surface area (Å²) in [5.74, 6) is -1.58. The quantitative estimate of drug-likeness (QED) is 0.715. The van der Waals surface area contributed by atoms with Crippen LogP contribution in [0.3, 0.4) is 0 Å². The van der Waals surface area contributed by atoms with Crippen LogP contribution in [0.1, 0.15) is 29.8 Å². The molecule has 0 heterocycles. The minimum Gasteiger partial charge on any atom is -0.480 e. The molecule has 0 spiro atoms. The summed E-state index contributed by atoms with van der Waals surface area (Å²) in [5, 5.41) is 11.6. The van der Waals surface area contributed by atoms with Gasteiger partial charge in [-0.2, -0.15) is 0 Å². The van der Waals surface area contributed by atoms with Crippen LogP contribution in [-0.2, 0) is 11.2 Å². The summed E-state index contributed by atoms with van der Waals surface area (Å²) in [4.78, 5) is 23.2. The molecule has 19 heavy (non-hydrogen) atoms. The lowest BCUT2D eigenvalue weighted by Gasteiger charge is -2.18. The van der Waals surface area contributed by atoms with Crippen molar-refractivity contribution < 1.29 is 14.7 Å². The van der Waals surface area contributed by atoms with E-state index in [1.54, 1.807) is 26.0 Å². The fourth-order valence-electron chi connectivity index (χ4n) is 1.85. The molecule has 104 valence electrons. The number of aliphatic carboxylic acids is 1. The van der Waals surface area contributed by atoms with Crippen molar-refractivity contribution in [2.75, 3.05) is 6.54 Å². The van der Waals surface area contributed by atoms with Gasteiger partial charge in [0.25, 0.3) is 5.91 Å². The van der Waals surface area contributed by atoms with Gasteiger partial charge in [-0.05, 0) is 30.5 Å². The molecule has 5 nitrogen and oxygen atoms in total. The lowest BCUT2D eigenvalue weighted by atomic mass is 10.0. The maximum absolute atomic E-state index is 12.1. The van der Waals surface area contributed by atoms with Crippen LogP contribution in [0.15, 0.2) is 24.3 Å². The van der Waals surface area contributed by atoms with E-state index in [1.165, 1.54) is 0 Å². The molecule has 0 saturated heterocycles. The van der Waals surface area contributed by atoms with E-state index in [2.05, 4.69) is 5.32 Å². The number of benzene rings is 1. The van der Waals surface area contributed by atoms with Crippen LogP contribution in [0, 0.1) is 5.92 Å². The van der Waals surface area contributed by atoms with Crippen molar-refractivity contribution in [3.63, 3.8) is 0 Å². The Morgan fingerprint density at radius 1 is 1.32 bits per heavy atom. The van der Waals surface area contributed by atoms with Gasteiger partial charge in [0, 0.05) is 5.56 Å². The standard InChI is InChI=1S/C14H20N2O3/c1-9(2)12(14(18)19)16-13(17)11-6-4-3-5-10(11)7-8-15/h3-6,9,12H,7-8,15H2,1-2H3,(H,16,17)(H,18,19). The van der Waals surface area contributed by atoms with Gasteiger partial charge in [-0.1, -0.05) is 32.0 Å². The fourth-order valence-corrected chi connectivity index (χ4v) is 1.85. The minimum absolute atomic E-state index is 0.178. The first-order valence-corrected chi connectivity index (χ1v) is 6.29. The van der Waals surface area contributed by atoms with Gasteiger partial charge in [0.2, 0.25) is 0 Å². The number of nitrogens with one attached hydrogen (secondary N) is 1. The van der Waals surface area contributed by atoms with Crippen LogP contribution in [0.25, 0.3) is 0 Å². The van der Waals surface area contributed by atoms with Gasteiger partial charge in [-0.3, -0.25) is 4.79 Å². The van der Waals surface area contributed by atoms with E-state index in [0.717, 1.165) is 5.56 Å². The van der Waals surface area contributed by atoms with E-state index in [1.807, 2.05) is 12.1 Å². The molecule has 0 aromatic heterocycles. The molecule has 4 N–H and O–H groups in total. The molecule has 0 fully saturated rings. The highest BCUT2D eigenvalue weighted by Gasteiger charge is 2.24. The Labute approximate surface area is 112 Å². The Hall–Kier alpha value is -1.88. The van der Waals surface area contributed by atoms with E-state index < -0.39 is 12.0 Å². The smallest absolute Gasteiger partial charge is 0.326 e. The van der Waals surface area contributed by atoms with Crippen LogP contribution in [0.5, 0.6) is 0 Å². The molecule has 0 aliphatic carbocycles. The maximum Gasteiger partial charge on any atom is 0.326 e. The summed E-state index contributed by atoms with van der Waals surface area (Å²) in [5.41, 5.74) is 6.82. The highest BCUT2D eigenvalue weighted by molar-refractivity contribution is 5.97. The topological polar surface area (TPSA) is 92.4 Å². The van der Waals surface area contributed by atoms with Crippen molar-refractivity contribution >= 4 is 11.9 Å². The summed E-state index contributed by atoms with van der Waals surface area (Å²) in [6, 6.07) is 6.20. The molecule has 1 aromatic carbocycles. The van der Waals surface area contributed by atoms with Crippen LogP contribution < -0.4 is 11.1 Å². The fraction of sp³-hybridized carbons (Fsp3) is 0.429. The molecular weight excluding hydrogens is 244 g/mol. The number of carboxylic acid groups (broad SMARTS) is 1. The van der Waals surface area contributed by atoms with Gasteiger partial charge in [0.15, 0.2) is 0 Å². The van der Waals surface area contributed by atoms with Crippen molar-refractivity contribution in [3.8, 4) is 0 Å². The van der Waals surface area contributed by atoms with E-state index in [4.69, 9.17) is 10.8 Å². The molecule has 0 aliphatic rings. The van der Waals surface area contributed by atoms with E-state index in [0.29, 0.717) is 18.5 Å². The molecule has 5 heteroatoms. The maximum atomic E-state index is 12.1. The normalized spacial score (nSPS) is 12.2. The van der Waals surface area contributed by atoms with E-state index in [9.17, 15) is 9.59 Å². The van der Waals surface area contributed by atoms with Gasteiger partial charge in [0.1, 0.15) is 6.04 Å². The summed E-state index contributed by atoms with van der Waals surface area (Å²) in [6.07, 6.45) is 0.586. The molecule has 1 unspecified atom stereocenters. The first-order valence-electron chi connectivity index (χ1n) is 6.29. The van der Waals surface area contributed by atoms with Gasteiger partial charge in [0.05, 0.1) is 0 Å². The average molecular weight is 264 g/mol. The third-order valence-electron chi connectivity index (χ3n) is 2.89. The largest absolute Gasteiger partial charge is 0.480 e. The Morgan fingerprint density at radius 2 is 1.95 bits per heavy atom. The zero-order valence-electron chi connectivity index (χ0n) is 11.2. The van der Waals surface area contributed by atoms with E-state index >= 15 is 0 Å².